The van der Waals surface area contributed by atoms with Gasteiger partial charge in [-0.25, -0.2) is 0 Å². The number of nitrogens with one attached hydrogen (secondary N) is 1. The molecule has 1 amide bonds. The Labute approximate surface area is 113 Å². The Morgan fingerprint density at radius 3 is 2.95 bits per heavy atom. The van der Waals surface area contributed by atoms with Gasteiger partial charge in [0.15, 0.2) is 0 Å². The van der Waals surface area contributed by atoms with Crippen LogP contribution in [0.25, 0.3) is 0 Å². The molecule has 1 aliphatic heterocycles. The molecule has 1 saturated heterocycles. The Hall–Kier alpha value is -1.63. The second-order valence-corrected chi connectivity index (χ2v) is 5.46. The van der Waals surface area contributed by atoms with Crippen molar-refractivity contribution in [2.45, 2.75) is 18.9 Å². The fourth-order valence-corrected chi connectivity index (χ4v) is 2.99. The predicted octanol–water partition coefficient (Wildman–Crippen LogP) is 2.36. The van der Waals surface area contributed by atoms with Crippen molar-refractivity contribution in [3.8, 4) is 0 Å². The van der Waals surface area contributed by atoms with Gasteiger partial charge in [0, 0.05) is 23.4 Å². The fraction of sp³-hybridized carbons (Fsp3) is 0.417. The van der Waals surface area contributed by atoms with Crippen LogP contribution in [0.3, 0.4) is 0 Å². The van der Waals surface area contributed by atoms with Crippen LogP contribution in [-0.4, -0.2) is 28.4 Å². The van der Waals surface area contributed by atoms with Crippen molar-refractivity contribution < 1.29 is 14.1 Å². The van der Waals surface area contributed by atoms with Crippen molar-refractivity contribution in [1.82, 2.24) is 5.32 Å². The van der Waals surface area contributed by atoms with Gasteiger partial charge < -0.3 is 5.32 Å². The van der Waals surface area contributed by atoms with Crippen LogP contribution in [0.15, 0.2) is 18.2 Å². The van der Waals surface area contributed by atoms with Gasteiger partial charge in [-0.15, -0.1) is 0 Å². The molecule has 1 aliphatic rings. The number of carbonyl (C=O) groups is 1. The van der Waals surface area contributed by atoms with Gasteiger partial charge in [0.1, 0.15) is 0 Å². The van der Waals surface area contributed by atoms with Crippen molar-refractivity contribution in [3.05, 3.63) is 39.7 Å². The first-order valence-electron chi connectivity index (χ1n) is 5.90. The Morgan fingerprint density at radius 1 is 1.53 bits per heavy atom. The first-order valence-corrected chi connectivity index (χ1v) is 7.06. The number of nitrogens with zero attached hydrogens (tertiary/aromatic N) is 1. The van der Waals surface area contributed by atoms with E-state index in [4.69, 9.17) is 0 Å². The lowest BCUT2D eigenvalue weighted by molar-refractivity contribution is -0.387. The summed E-state index contributed by atoms with van der Waals surface area (Å²) in [7, 11) is 0. The van der Waals surface area contributed by atoms with Gasteiger partial charge in [-0.1, -0.05) is 0 Å². The van der Waals surface area contributed by atoms with Crippen LogP contribution in [0.2, 0.25) is 0 Å². The number of hydrogen-bond donors (Lipinski definition) is 1. The summed E-state index contributed by atoms with van der Waals surface area (Å²) in [5.41, 5.74) is -0.561. The van der Waals surface area contributed by atoms with E-state index in [0.29, 0.717) is 0 Å². The van der Waals surface area contributed by atoms with Gasteiger partial charge in [0.25, 0.3) is 5.91 Å². The van der Waals surface area contributed by atoms with E-state index in [-0.39, 0.29) is 11.6 Å². The molecule has 5 nitrogen and oxygen atoms in total. The fourth-order valence-electron chi connectivity index (χ4n) is 1.92. The monoisotopic (exact) mass is 284 g/mol. The summed E-state index contributed by atoms with van der Waals surface area (Å²) in [6.07, 6.45) is 1.95. The van der Waals surface area contributed by atoms with E-state index in [0.717, 1.165) is 36.5 Å². The molecule has 1 fully saturated rings. The third-order valence-corrected chi connectivity index (χ3v) is 4.12. The number of hydrogen-bond acceptors (Lipinski definition) is 4. The maximum absolute atomic E-state index is 13.2. The van der Waals surface area contributed by atoms with Crippen molar-refractivity contribution in [2.24, 2.45) is 0 Å². The standard InChI is InChI=1S/C12H13FN2O3S/c13-10-4-3-8(6-11(10)15(17)18)12(16)14-9-2-1-5-19-7-9/h3-4,6,9H,1-2,5,7H2,(H,14,16). The first kappa shape index (κ1) is 13.8. The lowest BCUT2D eigenvalue weighted by Crippen LogP contribution is -2.38. The topological polar surface area (TPSA) is 72.2 Å². The van der Waals surface area contributed by atoms with Crippen LogP contribution in [0.5, 0.6) is 0 Å². The van der Waals surface area contributed by atoms with E-state index in [1.807, 2.05) is 0 Å². The Morgan fingerprint density at radius 2 is 2.32 bits per heavy atom. The molecule has 1 unspecified atom stereocenters. The quantitative estimate of drug-likeness (QED) is 0.683. The van der Waals surface area contributed by atoms with E-state index in [1.54, 1.807) is 11.8 Å². The van der Waals surface area contributed by atoms with Crippen LogP contribution in [0, 0.1) is 15.9 Å². The molecule has 0 saturated carbocycles. The lowest BCUT2D eigenvalue weighted by Gasteiger charge is -2.22. The Balaban J connectivity index is 2.10. The molecule has 1 atom stereocenters. The molecule has 19 heavy (non-hydrogen) atoms. The Bertz CT molecular complexity index is 504. The van der Waals surface area contributed by atoms with E-state index in [1.165, 1.54) is 6.07 Å². The van der Waals surface area contributed by atoms with E-state index in [9.17, 15) is 19.3 Å². The molecule has 2 rings (SSSR count). The first-order chi connectivity index (χ1) is 9.08. The van der Waals surface area contributed by atoms with Crippen molar-refractivity contribution >= 4 is 23.4 Å². The summed E-state index contributed by atoms with van der Waals surface area (Å²) in [4.78, 5) is 21.7. The minimum atomic E-state index is -0.935. The highest BCUT2D eigenvalue weighted by Crippen LogP contribution is 2.20. The second kappa shape index (κ2) is 6.01. The third-order valence-electron chi connectivity index (χ3n) is 2.90. The van der Waals surface area contributed by atoms with E-state index >= 15 is 0 Å². The summed E-state index contributed by atoms with van der Waals surface area (Å²) in [5, 5.41) is 13.4. The minimum Gasteiger partial charge on any atom is -0.348 e. The number of carbonyl (C=O) groups excluding carboxylic acids is 1. The summed E-state index contributed by atoms with van der Waals surface area (Å²) in [6, 6.07) is 3.26. The van der Waals surface area contributed by atoms with Crippen molar-refractivity contribution in [3.63, 3.8) is 0 Å². The maximum atomic E-state index is 13.2. The maximum Gasteiger partial charge on any atom is 0.305 e. The van der Waals surface area contributed by atoms with E-state index in [2.05, 4.69) is 5.32 Å². The van der Waals surface area contributed by atoms with Gasteiger partial charge >= 0.3 is 5.69 Å². The zero-order chi connectivity index (χ0) is 13.8. The molecule has 1 N–H and O–H groups in total. The molecule has 0 aliphatic carbocycles. The summed E-state index contributed by atoms with van der Waals surface area (Å²) >= 11 is 1.77. The second-order valence-electron chi connectivity index (χ2n) is 4.31. The summed E-state index contributed by atoms with van der Waals surface area (Å²) in [6.45, 7) is 0. The van der Waals surface area contributed by atoms with Crippen LogP contribution >= 0.6 is 11.8 Å². The highest BCUT2D eigenvalue weighted by Gasteiger charge is 2.20. The Kier molecular flexibility index (Phi) is 4.36. The number of nitro groups is 1. The average molecular weight is 284 g/mol. The molecule has 0 radical (unpaired) electrons. The van der Waals surface area contributed by atoms with Gasteiger partial charge in [0.2, 0.25) is 5.82 Å². The van der Waals surface area contributed by atoms with Gasteiger partial charge in [0.05, 0.1) is 4.92 Å². The number of amides is 1. The number of thioether (sulfide) groups is 1. The third kappa shape index (κ3) is 3.44. The number of rotatable bonds is 3. The van der Waals surface area contributed by atoms with Gasteiger partial charge in [-0.3, -0.25) is 14.9 Å². The molecule has 0 spiro atoms. The largest absolute Gasteiger partial charge is 0.348 e. The normalized spacial score (nSPS) is 18.9. The van der Waals surface area contributed by atoms with Crippen LogP contribution in [0.4, 0.5) is 10.1 Å². The van der Waals surface area contributed by atoms with Crippen LogP contribution < -0.4 is 5.32 Å². The average Bonchev–Trinajstić information content (AvgIpc) is 2.40. The molecule has 0 aromatic heterocycles. The van der Waals surface area contributed by atoms with Gasteiger partial charge in [-0.05, 0) is 30.7 Å². The van der Waals surface area contributed by atoms with E-state index < -0.39 is 22.3 Å². The molecule has 7 heteroatoms. The number of benzene rings is 1. The molecule has 0 bridgehead atoms. The molecule has 1 heterocycles. The molecule has 1 aromatic rings. The molecule has 1 aromatic carbocycles. The van der Waals surface area contributed by atoms with Crippen LogP contribution in [-0.2, 0) is 0 Å². The van der Waals surface area contributed by atoms with Crippen molar-refractivity contribution in [2.75, 3.05) is 11.5 Å². The molecule has 102 valence electrons. The highest BCUT2D eigenvalue weighted by molar-refractivity contribution is 7.99. The number of nitro benzene ring substituents is 1. The summed E-state index contributed by atoms with van der Waals surface area (Å²) in [5.74, 6) is 0.606. The molecular formula is C12H13FN2O3S. The zero-order valence-electron chi connectivity index (χ0n) is 10.1. The number of halogens is 1. The van der Waals surface area contributed by atoms with Crippen molar-refractivity contribution in [1.29, 1.82) is 0 Å². The molecular weight excluding hydrogens is 271 g/mol. The zero-order valence-corrected chi connectivity index (χ0v) is 10.9. The highest BCUT2D eigenvalue weighted by atomic mass is 32.2. The minimum absolute atomic E-state index is 0.0790. The smallest absolute Gasteiger partial charge is 0.305 e. The van der Waals surface area contributed by atoms with Gasteiger partial charge in [-0.2, -0.15) is 16.2 Å². The van der Waals surface area contributed by atoms with Crippen LogP contribution in [0.1, 0.15) is 23.2 Å². The lowest BCUT2D eigenvalue weighted by atomic mass is 10.1. The predicted molar refractivity (Wildman–Crippen MR) is 70.9 cm³/mol. The summed E-state index contributed by atoms with van der Waals surface area (Å²) < 4.78 is 13.2. The SMILES string of the molecule is O=C(NC1CCCSC1)c1ccc(F)c([N+](=O)[O-])c1.